The van der Waals surface area contributed by atoms with Gasteiger partial charge in [0.15, 0.2) is 0 Å². The zero-order chi connectivity index (χ0) is 22.9. The van der Waals surface area contributed by atoms with Crippen LogP contribution >= 0.6 is 0 Å². The highest BCUT2D eigenvalue weighted by atomic mass is 32.2. The molecule has 2 aromatic carbocycles. The molecule has 0 spiro atoms. The van der Waals surface area contributed by atoms with Crippen molar-refractivity contribution in [2.75, 3.05) is 24.1 Å². The first kappa shape index (κ1) is 22.9. The molecule has 1 saturated heterocycles. The van der Waals surface area contributed by atoms with Gasteiger partial charge < -0.3 is 9.47 Å². The quantitative estimate of drug-likeness (QED) is 0.616. The van der Waals surface area contributed by atoms with Crippen molar-refractivity contribution in [1.29, 1.82) is 0 Å². The lowest BCUT2D eigenvalue weighted by Gasteiger charge is -2.36. The van der Waals surface area contributed by atoms with Gasteiger partial charge in [-0.05, 0) is 86.6 Å². The number of anilines is 1. The van der Waals surface area contributed by atoms with Crippen LogP contribution in [0, 0.1) is 5.92 Å². The van der Waals surface area contributed by atoms with Gasteiger partial charge >= 0.3 is 6.18 Å². The van der Waals surface area contributed by atoms with Gasteiger partial charge in [-0.15, -0.1) is 0 Å². The lowest BCUT2D eigenvalue weighted by Crippen LogP contribution is -2.42. The first-order valence-corrected chi connectivity index (χ1v) is 12.2. The Morgan fingerprint density at radius 3 is 2.41 bits per heavy atom. The van der Waals surface area contributed by atoms with Crippen molar-refractivity contribution in [2.45, 2.75) is 49.7 Å². The maximum Gasteiger partial charge on any atom is 0.416 e. The zero-order valence-electron chi connectivity index (χ0n) is 17.8. The van der Waals surface area contributed by atoms with Crippen molar-refractivity contribution < 1.29 is 31.1 Å². The Morgan fingerprint density at radius 2 is 1.75 bits per heavy atom. The van der Waals surface area contributed by atoms with Gasteiger partial charge in [0.05, 0.1) is 22.8 Å². The Balaban J connectivity index is 1.55. The molecule has 2 heterocycles. The van der Waals surface area contributed by atoms with Gasteiger partial charge in [0.1, 0.15) is 5.75 Å². The van der Waals surface area contributed by atoms with Gasteiger partial charge in [-0.3, -0.25) is 4.31 Å². The van der Waals surface area contributed by atoms with E-state index in [0.29, 0.717) is 42.4 Å². The summed E-state index contributed by atoms with van der Waals surface area (Å²) in [5.41, 5.74) is -0.0799. The third kappa shape index (κ3) is 4.73. The highest BCUT2D eigenvalue weighted by Crippen LogP contribution is 2.39. The molecule has 1 atom stereocenters. The summed E-state index contributed by atoms with van der Waals surface area (Å²) >= 11 is 0. The van der Waals surface area contributed by atoms with Crippen LogP contribution in [0.15, 0.2) is 47.4 Å². The van der Waals surface area contributed by atoms with Crippen LogP contribution in [-0.4, -0.2) is 34.3 Å². The summed E-state index contributed by atoms with van der Waals surface area (Å²) in [4.78, 5) is 0.0792. The van der Waals surface area contributed by atoms with Gasteiger partial charge in [0.25, 0.3) is 10.0 Å². The smallest absolute Gasteiger partial charge is 0.416 e. The largest absolute Gasteiger partial charge is 0.493 e. The minimum atomic E-state index is -4.47. The van der Waals surface area contributed by atoms with Crippen LogP contribution in [0.2, 0.25) is 0 Å². The molecule has 0 aromatic heterocycles. The molecule has 1 unspecified atom stereocenters. The molecule has 0 N–H and O–H groups in total. The number of nitrogens with zero attached hydrogens (tertiary/aromatic N) is 1. The molecular formula is C23H26F3NO4S. The molecule has 9 heteroatoms. The summed E-state index contributed by atoms with van der Waals surface area (Å²) in [5, 5.41) is 0. The lowest BCUT2D eigenvalue weighted by molar-refractivity contribution is -0.137. The first-order chi connectivity index (χ1) is 15.2. The Kier molecular flexibility index (Phi) is 6.40. The van der Waals surface area contributed by atoms with E-state index in [9.17, 15) is 21.6 Å². The Bertz CT molecular complexity index is 1050. The van der Waals surface area contributed by atoms with Gasteiger partial charge in [-0.1, -0.05) is 0 Å². The van der Waals surface area contributed by atoms with E-state index in [1.54, 1.807) is 19.1 Å². The zero-order valence-corrected chi connectivity index (χ0v) is 18.6. The number of rotatable bonds is 5. The predicted molar refractivity (Wildman–Crippen MR) is 114 cm³/mol. The van der Waals surface area contributed by atoms with Gasteiger partial charge in [0.2, 0.25) is 0 Å². The lowest BCUT2D eigenvalue weighted by atomic mass is 9.97. The molecule has 0 radical (unpaired) electrons. The third-order valence-corrected chi connectivity index (χ3v) is 8.03. The second kappa shape index (κ2) is 8.94. The summed E-state index contributed by atoms with van der Waals surface area (Å²) in [5.74, 6) is 0.997. The molecule has 5 nitrogen and oxygen atoms in total. The van der Waals surface area contributed by atoms with Crippen molar-refractivity contribution in [3.63, 3.8) is 0 Å². The number of hydrogen-bond donors (Lipinski definition) is 0. The maximum absolute atomic E-state index is 13.4. The summed E-state index contributed by atoms with van der Waals surface area (Å²) in [6.07, 6.45) is -1.75. The minimum Gasteiger partial charge on any atom is -0.493 e. The minimum absolute atomic E-state index is 0.0792. The van der Waals surface area contributed by atoms with E-state index in [0.717, 1.165) is 38.2 Å². The SMILES string of the molecule is CC1CCc2cc(C(F)(F)F)ccc2N1S(=O)(=O)c1ccc(OCC2CCOCC2)cc1. The summed E-state index contributed by atoms with van der Waals surface area (Å²) in [6, 6.07) is 9.09. The van der Waals surface area contributed by atoms with Crippen molar-refractivity contribution in [3.05, 3.63) is 53.6 Å². The van der Waals surface area contributed by atoms with E-state index in [1.807, 2.05) is 0 Å². The molecule has 0 aliphatic carbocycles. The van der Waals surface area contributed by atoms with Gasteiger partial charge in [-0.2, -0.15) is 13.2 Å². The standard InChI is InChI=1S/C23H26F3NO4S/c1-16-2-3-18-14-19(23(24,25)26)4-9-22(18)27(16)32(28,29)21-7-5-20(6-8-21)31-15-17-10-12-30-13-11-17/h4-9,14,16-17H,2-3,10-13,15H2,1H3. The second-order valence-corrected chi connectivity index (χ2v) is 10.2. The maximum atomic E-state index is 13.4. The second-order valence-electron chi connectivity index (χ2n) is 8.37. The number of fused-ring (bicyclic) bond motifs is 1. The average Bonchev–Trinajstić information content (AvgIpc) is 2.77. The fraction of sp³-hybridized carbons (Fsp3) is 0.478. The predicted octanol–water partition coefficient (Wildman–Crippen LogP) is 5.04. The van der Waals surface area contributed by atoms with Crippen LogP contribution in [0.4, 0.5) is 18.9 Å². The van der Waals surface area contributed by atoms with E-state index in [-0.39, 0.29) is 10.9 Å². The molecule has 0 bridgehead atoms. The van der Waals surface area contributed by atoms with Crippen molar-refractivity contribution >= 4 is 15.7 Å². The molecular weight excluding hydrogens is 443 g/mol. The topological polar surface area (TPSA) is 55.8 Å². The summed E-state index contributed by atoms with van der Waals surface area (Å²) in [6.45, 7) is 3.77. The van der Waals surface area contributed by atoms with Crippen LogP contribution in [0.3, 0.4) is 0 Å². The fourth-order valence-electron chi connectivity index (χ4n) is 4.21. The van der Waals surface area contributed by atoms with Crippen molar-refractivity contribution in [2.24, 2.45) is 5.92 Å². The van der Waals surface area contributed by atoms with Crippen LogP contribution in [0.25, 0.3) is 0 Å². The highest BCUT2D eigenvalue weighted by Gasteiger charge is 2.36. The monoisotopic (exact) mass is 469 g/mol. The highest BCUT2D eigenvalue weighted by molar-refractivity contribution is 7.92. The molecule has 1 fully saturated rings. The Hall–Kier alpha value is -2.26. The number of hydrogen-bond acceptors (Lipinski definition) is 4. The molecule has 174 valence electrons. The first-order valence-electron chi connectivity index (χ1n) is 10.7. The molecule has 32 heavy (non-hydrogen) atoms. The van der Waals surface area contributed by atoms with Gasteiger partial charge in [0, 0.05) is 19.3 Å². The Morgan fingerprint density at radius 1 is 1.06 bits per heavy atom. The summed E-state index contributed by atoms with van der Waals surface area (Å²) in [7, 11) is -3.95. The normalized spacial score (nSPS) is 20.1. The van der Waals surface area contributed by atoms with Crippen LogP contribution in [0.1, 0.15) is 37.3 Å². The molecule has 0 amide bonds. The summed E-state index contributed by atoms with van der Waals surface area (Å²) < 4.78 is 78.5. The van der Waals surface area contributed by atoms with E-state index in [2.05, 4.69) is 0 Å². The molecule has 0 saturated carbocycles. The number of aryl methyl sites for hydroxylation is 1. The molecule has 2 aliphatic heterocycles. The van der Waals surface area contributed by atoms with Crippen molar-refractivity contribution in [1.82, 2.24) is 0 Å². The third-order valence-electron chi connectivity index (χ3n) is 6.08. The van der Waals surface area contributed by atoms with Gasteiger partial charge in [-0.25, -0.2) is 8.42 Å². The van der Waals surface area contributed by atoms with Crippen LogP contribution in [0.5, 0.6) is 5.75 Å². The number of ether oxygens (including phenoxy) is 2. The Labute approximate surface area is 186 Å². The number of sulfonamides is 1. The van der Waals surface area contributed by atoms with E-state index < -0.39 is 21.8 Å². The molecule has 2 aromatic rings. The molecule has 2 aliphatic rings. The number of halogens is 3. The van der Waals surface area contributed by atoms with Crippen molar-refractivity contribution in [3.8, 4) is 5.75 Å². The van der Waals surface area contributed by atoms with Crippen LogP contribution in [-0.2, 0) is 27.4 Å². The number of alkyl halides is 3. The van der Waals surface area contributed by atoms with E-state index in [1.165, 1.54) is 22.5 Å². The average molecular weight is 470 g/mol. The molecule has 4 rings (SSSR count). The number of benzene rings is 2. The van der Waals surface area contributed by atoms with Crippen LogP contribution < -0.4 is 9.04 Å². The fourth-order valence-corrected chi connectivity index (χ4v) is 5.93. The van der Waals surface area contributed by atoms with E-state index >= 15 is 0 Å². The van der Waals surface area contributed by atoms with E-state index in [4.69, 9.17) is 9.47 Å².